The van der Waals surface area contributed by atoms with Gasteiger partial charge in [0.15, 0.2) is 11.5 Å². The van der Waals surface area contributed by atoms with Crippen molar-refractivity contribution in [1.82, 2.24) is 0 Å². The van der Waals surface area contributed by atoms with E-state index in [1.807, 2.05) is 48.5 Å². The first-order valence-electron chi connectivity index (χ1n) is 10.7. The molecule has 0 aromatic heterocycles. The van der Waals surface area contributed by atoms with Crippen LogP contribution in [0.15, 0.2) is 72.8 Å². The Hall–Kier alpha value is -3.65. The molecule has 5 nitrogen and oxygen atoms in total. The maximum Gasteiger partial charge on any atom is 0.171 e. The minimum atomic E-state index is -0.247. The Kier molecular flexibility index (Phi) is 4.74. The number of phenols is 3. The fourth-order valence-corrected chi connectivity index (χ4v) is 5.55. The second-order valence-corrected chi connectivity index (χ2v) is 9.52. The normalized spacial score (nSPS) is 12.9. The summed E-state index contributed by atoms with van der Waals surface area (Å²) in [6.45, 7) is 0. The number of hydrogen-bond donors (Lipinski definition) is 3. The standard InChI is InChI=1S/C28H19IO5/c1-33-24-13-16(12-21(29)28(24)32)25-26-19-6-4-17(30)10-14(19)2-8-22(26)34-23-9-3-15-11-18(31)5-7-20(15)27(23)25/h2-13,25,30-32H,1H3. The summed E-state index contributed by atoms with van der Waals surface area (Å²) in [4.78, 5) is 0. The summed E-state index contributed by atoms with van der Waals surface area (Å²) in [5.41, 5.74) is 2.87. The van der Waals surface area contributed by atoms with E-state index in [9.17, 15) is 15.3 Å². The van der Waals surface area contributed by atoms with E-state index < -0.39 is 0 Å². The zero-order chi connectivity index (χ0) is 23.6. The number of hydrogen-bond acceptors (Lipinski definition) is 5. The van der Waals surface area contributed by atoms with Gasteiger partial charge in [0.25, 0.3) is 0 Å². The van der Waals surface area contributed by atoms with Crippen LogP contribution in [0.3, 0.4) is 0 Å². The van der Waals surface area contributed by atoms with Gasteiger partial charge in [0.1, 0.15) is 23.0 Å². The van der Waals surface area contributed by atoms with E-state index in [1.54, 1.807) is 24.3 Å². The fraction of sp³-hybridized carbons (Fsp3) is 0.0714. The van der Waals surface area contributed by atoms with Crippen molar-refractivity contribution in [3.8, 4) is 34.5 Å². The highest BCUT2D eigenvalue weighted by Gasteiger charge is 2.33. The molecule has 0 saturated carbocycles. The summed E-state index contributed by atoms with van der Waals surface area (Å²) >= 11 is 2.11. The van der Waals surface area contributed by atoms with Crippen molar-refractivity contribution in [1.29, 1.82) is 0 Å². The molecule has 0 bridgehead atoms. The van der Waals surface area contributed by atoms with Crippen LogP contribution in [0.25, 0.3) is 21.5 Å². The molecule has 6 rings (SSSR count). The second kappa shape index (κ2) is 7.70. The van der Waals surface area contributed by atoms with Crippen molar-refractivity contribution in [2.75, 3.05) is 7.11 Å². The molecule has 5 aromatic rings. The topological polar surface area (TPSA) is 79.2 Å². The number of fused-ring (bicyclic) bond motifs is 6. The van der Waals surface area contributed by atoms with Gasteiger partial charge in [-0.25, -0.2) is 0 Å². The van der Waals surface area contributed by atoms with Gasteiger partial charge in [0, 0.05) is 17.0 Å². The lowest BCUT2D eigenvalue weighted by Gasteiger charge is -2.31. The van der Waals surface area contributed by atoms with Crippen LogP contribution in [0.2, 0.25) is 0 Å². The fourth-order valence-electron chi connectivity index (χ4n) is 4.93. The zero-order valence-electron chi connectivity index (χ0n) is 18.0. The Morgan fingerprint density at radius 1 is 0.735 bits per heavy atom. The molecule has 6 heteroatoms. The monoisotopic (exact) mass is 562 g/mol. The maximum atomic E-state index is 10.5. The highest BCUT2D eigenvalue weighted by molar-refractivity contribution is 14.1. The molecule has 0 spiro atoms. The molecule has 1 heterocycles. The minimum absolute atomic E-state index is 0.102. The number of ether oxygens (including phenoxy) is 2. The Bertz CT molecular complexity index is 1530. The van der Waals surface area contributed by atoms with E-state index >= 15 is 0 Å². The molecule has 0 unspecified atom stereocenters. The Labute approximate surface area is 209 Å². The number of halogens is 1. The number of benzene rings is 5. The molecule has 3 N–H and O–H groups in total. The van der Waals surface area contributed by atoms with E-state index in [0.29, 0.717) is 9.32 Å². The van der Waals surface area contributed by atoms with Crippen molar-refractivity contribution < 1.29 is 24.8 Å². The molecular weight excluding hydrogens is 543 g/mol. The number of rotatable bonds is 2. The number of aromatic hydroxyl groups is 3. The average Bonchev–Trinajstić information content (AvgIpc) is 2.83. The second-order valence-electron chi connectivity index (χ2n) is 8.35. The van der Waals surface area contributed by atoms with Gasteiger partial charge in [0.05, 0.1) is 10.7 Å². The SMILES string of the molecule is COc1cc(C2c3c(ccc4cc(O)ccc34)Oc3ccc4cc(O)ccc4c32)cc(I)c1O. The van der Waals surface area contributed by atoms with Crippen molar-refractivity contribution in [2.45, 2.75) is 5.92 Å². The first-order chi connectivity index (χ1) is 16.4. The Morgan fingerprint density at radius 3 is 1.82 bits per heavy atom. The minimum Gasteiger partial charge on any atom is -0.508 e. The largest absolute Gasteiger partial charge is 0.508 e. The van der Waals surface area contributed by atoms with Gasteiger partial charge < -0.3 is 24.8 Å². The molecule has 0 radical (unpaired) electrons. The van der Waals surface area contributed by atoms with Crippen LogP contribution in [0, 0.1) is 3.57 Å². The maximum absolute atomic E-state index is 10.5. The van der Waals surface area contributed by atoms with E-state index in [-0.39, 0.29) is 23.2 Å². The van der Waals surface area contributed by atoms with Crippen molar-refractivity contribution in [3.05, 3.63) is 93.1 Å². The van der Waals surface area contributed by atoms with Crippen LogP contribution in [-0.4, -0.2) is 22.4 Å². The summed E-state index contributed by atoms with van der Waals surface area (Å²) < 4.78 is 12.6. The van der Waals surface area contributed by atoms with Gasteiger partial charge in [-0.05, 0) is 98.2 Å². The molecule has 1 aliphatic rings. The molecule has 1 aliphatic heterocycles. The number of phenolic OH excluding ortho intramolecular Hbond substituents is 3. The molecule has 5 aromatic carbocycles. The Morgan fingerprint density at radius 2 is 1.29 bits per heavy atom. The third-order valence-electron chi connectivity index (χ3n) is 6.41. The van der Waals surface area contributed by atoms with Crippen molar-refractivity contribution in [3.63, 3.8) is 0 Å². The lowest BCUT2D eigenvalue weighted by atomic mass is 9.78. The molecule has 0 amide bonds. The van der Waals surface area contributed by atoms with Crippen molar-refractivity contribution >= 4 is 44.1 Å². The Balaban J connectivity index is 1.75. The predicted molar refractivity (Wildman–Crippen MR) is 140 cm³/mol. The lowest BCUT2D eigenvalue weighted by Crippen LogP contribution is -2.13. The van der Waals surface area contributed by atoms with E-state index in [0.717, 1.165) is 49.7 Å². The first-order valence-corrected chi connectivity index (χ1v) is 11.8. The van der Waals surface area contributed by atoms with Gasteiger partial charge in [0.2, 0.25) is 0 Å². The zero-order valence-corrected chi connectivity index (χ0v) is 20.2. The third kappa shape index (κ3) is 3.13. The van der Waals surface area contributed by atoms with Gasteiger partial charge in [-0.1, -0.05) is 24.3 Å². The van der Waals surface area contributed by atoms with Crippen LogP contribution in [-0.2, 0) is 0 Å². The van der Waals surface area contributed by atoms with Gasteiger partial charge in [-0.15, -0.1) is 0 Å². The third-order valence-corrected chi connectivity index (χ3v) is 7.23. The summed E-state index contributed by atoms with van der Waals surface area (Å²) in [7, 11) is 1.54. The smallest absolute Gasteiger partial charge is 0.171 e. The van der Waals surface area contributed by atoms with Gasteiger partial charge in [-0.2, -0.15) is 0 Å². The molecule has 0 fully saturated rings. The molecule has 0 saturated heterocycles. The summed E-state index contributed by atoms with van der Waals surface area (Å²) in [5, 5.41) is 34.4. The molecule has 34 heavy (non-hydrogen) atoms. The molecule has 0 atom stereocenters. The molecule has 168 valence electrons. The van der Waals surface area contributed by atoms with Gasteiger partial charge in [-0.3, -0.25) is 0 Å². The number of methoxy groups -OCH3 is 1. The van der Waals surface area contributed by atoms with E-state index in [4.69, 9.17) is 9.47 Å². The van der Waals surface area contributed by atoms with Gasteiger partial charge >= 0.3 is 0 Å². The molecule has 0 aliphatic carbocycles. The highest BCUT2D eigenvalue weighted by atomic mass is 127. The lowest BCUT2D eigenvalue weighted by molar-refractivity contribution is 0.371. The average molecular weight is 562 g/mol. The highest BCUT2D eigenvalue weighted by Crippen LogP contribution is 2.53. The summed E-state index contributed by atoms with van der Waals surface area (Å²) in [6, 6.07) is 22.2. The predicted octanol–water partition coefficient (Wildman–Crippen LogP) is 7.01. The van der Waals surface area contributed by atoms with E-state index in [2.05, 4.69) is 22.6 Å². The van der Waals surface area contributed by atoms with Crippen LogP contribution in [0.4, 0.5) is 0 Å². The summed E-state index contributed by atoms with van der Waals surface area (Å²) in [5.74, 6) is 2.11. The molecular formula is C28H19IO5. The van der Waals surface area contributed by atoms with Crippen LogP contribution < -0.4 is 9.47 Å². The van der Waals surface area contributed by atoms with Crippen LogP contribution >= 0.6 is 22.6 Å². The summed E-state index contributed by atoms with van der Waals surface area (Å²) in [6.07, 6.45) is 0. The van der Waals surface area contributed by atoms with E-state index in [1.165, 1.54) is 7.11 Å². The van der Waals surface area contributed by atoms with Crippen LogP contribution in [0.1, 0.15) is 22.6 Å². The van der Waals surface area contributed by atoms with Crippen molar-refractivity contribution in [2.24, 2.45) is 0 Å². The quantitative estimate of drug-likeness (QED) is 0.198. The first kappa shape index (κ1) is 20.9. The van der Waals surface area contributed by atoms with Crippen LogP contribution in [0.5, 0.6) is 34.5 Å².